The van der Waals surface area contributed by atoms with Gasteiger partial charge >= 0.3 is 11.9 Å². The number of nitrogens with zero attached hydrogens (tertiary/aromatic N) is 1. The largest absolute Gasteiger partial charge is 0.481 e. The second kappa shape index (κ2) is 6.69. The Labute approximate surface area is 117 Å². The van der Waals surface area contributed by atoms with Crippen molar-refractivity contribution in [2.75, 3.05) is 13.1 Å². The predicted molar refractivity (Wildman–Crippen MR) is 70.9 cm³/mol. The summed E-state index contributed by atoms with van der Waals surface area (Å²) in [4.78, 5) is 35.7. The van der Waals surface area contributed by atoms with Gasteiger partial charge in [-0.15, -0.1) is 0 Å². The molecule has 0 aromatic carbocycles. The fourth-order valence-electron chi connectivity index (χ4n) is 2.54. The van der Waals surface area contributed by atoms with Crippen molar-refractivity contribution in [3.05, 3.63) is 0 Å². The Morgan fingerprint density at radius 3 is 2.20 bits per heavy atom. The summed E-state index contributed by atoms with van der Waals surface area (Å²) in [6.45, 7) is 4.05. The molecule has 0 saturated carbocycles. The average Bonchev–Trinajstić information content (AvgIpc) is 2.36. The van der Waals surface area contributed by atoms with Crippen LogP contribution < -0.4 is 5.73 Å². The number of carbonyl (C=O) groups is 3. The summed E-state index contributed by atoms with van der Waals surface area (Å²) in [5.74, 6) is -4.37. The van der Waals surface area contributed by atoms with Crippen molar-refractivity contribution in [1.82, 2.24) is 4.90 Å². The summed E-state index contributed by atoms with van der Waals surface area (Å²) in [6.07, 6.45) is 0.669. The van der Waals surface area contributed by atoms with E-state index in [1.54, 1.807) is 0 Å². The van der Waals surface area contributed by atoms with Crippen LogP contribution in [0.25, 0.3) is 0 Å². The molecule has 1 fully saturated rings. The smallest absolute Gasteiger partial charge is 0.309 e. The molecule has 1 aliphatic heterocycles. The molecule has 0 spiro atoms. The lowest BCUT2D eigenvalue weighted by Gasteiger charge is -2.36. The molecule has 0 bridgehead atoms. The number of piperidine rings is 1. The monoisotopic (exact) mass is 286 g/mol. The van der Waals surface area contributed by atoms with E-state index in [-0.39, 0.29) is 31.3 Å². The number of likely N-dealkylation sites (tertiary alicyclic amines) is 1. The molecular weight excluding hydrogens is 264 g/mol. The first kappa shape index (κ1) is 16.4. The van der Waals surface area contributed by atoms with E-state index in [0.29, 0.717) is 6.42 Å². The molecule has 0 aliphatic carbocycles. The number of hydrogen-bond acceptors (Lipinski definition) is 4. The lowest BCUT2D eigenvalue weighted by atomic mass is 9.85. The molecule has 1 heterocycles. The number of aliphatic carboxylic acids is 2. The minimum absolute atomic E-state index is 0.0864. The summed E-state index contributed by atoms with van der Waals surface area (Å²) < 4.78 is 0. The van der Waals surface area contributed by atoms with Gasteiger partial charge in [-0.2, -0.15) is 0 Å². The van der Waals surface area contributed by atoms with Gasteiger partial charge in [-0.3, -0.25) is 14.4 Å². The van der Waals surface area contributed by atoms with Gasteiger partial charge < -0.3 is 20.8 Å². The Bertz CT molecular complexity index is 396. The highest BCUT2D eigenvalue weighted by molar-refractivity contribution is 5.84. The molecule has 0 aromatic heterocycles. The quantitative estimate of drug-likeness (QED) is 0.653. The molecule has 7 nitrogen and oxygen atoms in total. The first-order chi connectivity index (χ1) is 9.23. The molecule has 1 rings (SSSR count). The van der Waals surface area contributed by atoms with Crippen LogP contribution in [-0.2, 0) is 14.4 Å². The zero-order valence-electron chi connectivity index (χ0n) is 11.8. The highest BCUT2D eigenvalue weighted by Crippen LogP contribution is 2.25. The van der Waals surface area contributed by atoms with Crippen LogP contribution in [0.4, 0.5) is 0 Å². The first-order valence-electron chi connectivity index (χ1n) is 6.74. The lowest BCUT2D eigenvalue weighted by molar-refractivity contribution is -0.159. The standard InChI is InChI=1S/C13H22N2O5/c1-7(2)5-10(14)11(16)15-4-3-8(12(17)18)9(6-15)13(19)20/h7-10H,3-6,14H2,1-2H3,(H,17,18)(H,19,20). The molecule has 1 amide bonds. The zero-order chi connectivity index (χ0) is 15.4. The summed E-state index contributed by atoms with van der Waals surface area (Å²) >= 11 is 0. The van der Waals surface area contributed by atoms with Gasteiger partial charge in [0.2, 0.25) is 5.91 Å². The summed E-state index contributed by atoms with van der Waals surface area (Å²) in [5, 5.41) is 18.1. The van der Waals surface area contributed by atoms with Crippen molar-refractivity contribution in [3.8, 4) is 0 Å². The van der Waals surface area contributed by atoms with Crippen LogP contribution >= 0.6 is 0 Å². The van der Waals surface area contributed by atoms with E-state index in [1.807, 2.05) is 13.8 Å². The SMILES string of the molecule is CC(C)CC(N)C(=O)N1CCC(C(=O)O)C(C(=O)O)C1. The fourth-order valence-corrected chi connectivity index (χ4v) is 2.54. The number of carbonyl (C=O) groups excluding carboxylic acids is 1. The van der Waals surface area contributed by atoms with Crippen LogP contribution in [0.1, 0.15) is 26.7 Å². The molecule has 3 atom stereocenters. The van der Waals surface area contributed by atoms with Gasteiger partial charge in [0.1, 0.15) is 0 Å². The Balaban J connectivity index is 2.73. The summed E-state index contributed by atoms with van der Waals surface area (Å²) in [5.41, 5.74) is 5.81. The van der Waals surface area contributed by atoms with E-state index in [1.165, 1.54) is 4.90 Å². The summed E-state index contributed by atoms with van der Waals surface area (Å²) in [7, 11) is 0. The number of carboxylic acid groups (broad SMARTS) is 2. The highest BCUT2D eigenvalue weighted by atomic mass is 16.4. The Kier molecular flexibility index (Phi) is 5.50. The number of nitrogens with two attached hydrogens (primary N) is 1. The minimum atomic E-state index is -1.19. The molecule has 114 valence electrons. The maximum absolute atomic E-state index is 12.1. The molecule has 7 heteroatoms. The molecule has 0 aromatic rings. The van der Waals surface area contributed by atoms with Crippen LogP contribution in [-0.4, -0.2) is 52.1 Å². The third kappa shape index (κ3) is 3.93. The molecule has 3 unspecified atom stereocenters. The number of rotatable bonds is 5. The van der Waals surface area contributed by atoms with Crippen LogP contribution in [0.2, 0.25) is 0 Å². The summed E-state index contributed by atoms with van der Waals surface area (Å²) in [6, 6.07) is -0.661. The van der Waals surface area contributed by atoms with Crippen LogP contribution in [0, 0.1) is 17.8 Å². The fraction of sp³-hybridized carbons (Fsp3) is 0.769. The Morgan fingerprint density at radius 2 is 1.75 bits per heavy atom. The second-order valence-electron chi connectivity index (χ2n) is 5.70. The Hall–Kier alpha value is -1.63. The van der Waals surface area contributed by atoms with Crippen molar-refractivity contribution in [2.45, 2.75) is 32.7 Å². The van der Waals surface area contributed by atoms with E-state index in [2.05, 4.69) is 0 Å². The van der Waals surface area contributed by atoms with E-state index in [9.17, 15) is 14.4 Å². The number of hydrogen-bond donors (Lipinski definition) is 3. The van der Waals surface area contributed by atoms with Gasteiger partial charge in [-0.25, -0.2) is 0 Å². The van der Waals surface area contributed by atoms with Gasteiger partial charge in [-0.05, 0) is 18.8 Å². The zero-order valence-corrected chi connectivity index (χ0v) is 11.8. The van der Waals surface area contributed by atoms with Crippen molar-refractivity contribution < 1.29 is 24.6 Å². The van der Waals surface area contributed by atoms with E-state index < -0.39 is 29.8 Å². The van der Waals surface area contributed by atoms with Crippen LogP contribution in [0.3, 0.4) is 0 Å². The third-order valence-electron chi connectivity index (χ3n) is 3.60. The Morgan fingerprint density at radius 1 is 1.20 bits per heavy atom. The van der Waals surface area contributed by atoms with Crippen molar-refractivity contribution in [3.63, 3.8) is 0 Å². The van der Waals surface area contributed by atoms with Crippen molar-refractivity contribution in [2.24, 2.45) is 23.5 Å². The lowest BCUT2D eigenvalue weighted by Crippen LogP contribution is -2.53. The average molecular weight is 286 g/mol. The van der Waals surface area contributed by atoms with Gasteiger partial charge in [0, 0.05) is 13.1 Å². The van der Waals surface area contributed by atoms with Crippen LogP contribution in [0.5, 0.6) is 0 Å². The third-order valence-corrected chi connectivity index (χ3v) is 3.60. The van der Waals surface area contributed by atoms with E-state index in [0.717, 1.165) is 0 Å². The molecule has 0 radical (unpaired) electrons. The highest BCUT2D eigenvalue weighted by Gasteiger charge is 2.40. The van der Waals surface area contributed by atoms with Gasteiger partial charge in [-0.1, -0.05) is 13.8 Å². The van der Waals surface area contributed by atoms with Gasteiger partial charge in [0.25, 0.3) is 0 Å². The molecule has 1 aliphatic rings. The molecular formula is C13H22N2O5. The molecule has 4 N–H and O–H groups in total. The second-order valence-corrected chi connectivity index (χ2v) is 5.70. The predicted octanol–water partition coefficient (Wildman–Crippen LogP) is -0.00630. The topological polar surface area (TPSA) is 121 Å². The maximum atomic E-state index is 12.1. The van der Waals surface area contributed by atoms with Crippen molar-refractivity contribution in [1.29, 1.82) is 0 Å². The van der Waals surface area contributed by atoms with Gasteiger partial charge in [0.05, 0.1) is 17.9 Å². The van der Waals surface area contributed by atoms with Crippen LogP contribution in [0.15, 0.2) is 0 Å². The minimum Gasteiger partial charge on any atom is -0.481 e. The molecule has 1 saturated heterocycles. The van der Waals surface area contributed by atoms with Gasteiger partial charge in [0.15, 0.2) is 0 Å². The maximum Gasteiger partial charge on any atom is 0.309 e. The normalized spacial score (nSPS) is 24.5. The van der Waals surface area contributed by atoms with Crippen molar-refractivity contribution >= 4 is 17.8 Å². The first-order valence-corrected chi connectivity index (χ1v) is 6.74. The molecule has 20 heavy (non-hydrogen) atoms. The number of amides is 1. The van der Waals surface area contributed by atoms with E-state index >= 15 is 0 Å². The number of carboxylic acids is 2. The van der Waals surface area contributed by atoms with E-state index in [4.69, 9.17) is 15.9 Å².